The lowest BCUT2D eigenvalue weighted by atomic mass is 9.89. The molecule has 1 atom stereocenters. The second-order valence-electron chi connectivity index (χ2n) is 8.00. The Kier molecular flexibility index (Phi) is 4.52. The van der Waals surface area contributed by atoms with Gasteiger partial charge in [0.2, 0.25) is 0 Å². The Balaban J connectivity index is 1.78. The first-order chi connectivity index (χ1) is 14.2. The molecule has 0 fully saturated rings. The van der Waals surface area contributed by atoms with E-state index in [-0.39, 0.29) is 5.92 Å². The minimum atomic E-state index is 0.211. The Morgan fingerprint density at radius 1 is 0.759 bits per heavy atom. The zero-order chi connectivity index (χ0) is 19.8. The molecule has 0 aliphatic heterocycles. The first kappa shape index (κ1) is 17.9. The van der Waals surface area contributed by atoms with E-state index in [1.54, 1.807) is 0 Å². The van der Waals surface area contributed by atoms with Gasteiger partial charge in [0.25, 0.3) is 0 Å². The topological polar surface area (TPSA) is 12.4 Å². The SMILES string of the molecule is Cc1cccc(C)c1N=C1C(c2ccccc2)=C2CCC=C2C1c1ccccc1. The number of allylic oxidation sites excluding steroid dienone is 4. The van der Waals surface area contributed by atoms with Crippen molar-refractivity contribution >= 4 is 17.0 Å². The van der Waals surface area contributed by atoms with Crippen molar-refractivity contribution in [3.8, 4) is 0 Å². The molecule has 29 heavy (non-hydrogen) atoms. The normalized spacial score (nSPS) is 19.6. The molecular formula is C28H25N. The third-order valence-corrected chi connectivity index (χ3v) is 6.12. The molecule has 0 heterocycles. The van der Waals surface area contributed by atoms with Crippen molar-refractivity contribution in [2.75, 3.05) is 0 Å². The van der Waals surface area contributed by atoms with Crippen molar-refractivity contribution in [1.82, 2.24) is 0 Å². The lowest BCUT2D eigenvalue weighted by Crippen LogP contribution is -2.10. The molecule has 1 heteroatoms. The van der Waals surface area contributed by atoms with Crippen LogP contribution >= 0.6 is 0 Å². The fraction of sp³-hybridized carbons (Fsp3) is 0.179. The summed E-state index contributed by atoms with van der Waals surface area (Å²) in [6, 6.07) is 28.1. The molecule has 0 saturated heterocycles. The van der Waals surface area contributed by atoms with Crippen molar-refractivity contribution in [2.24, 2.45) is 4.99 Å². The predicted molar refractivity (Wildman–Crippen MR) is 123 cm³/mol. The van der Waals surface area contributed by atoms with Gasteiger partial charge in [0.15, 0.2) is 0 Å². The summed E-state index contributed by atoms with van der Waals surface area (Å²) < 4.78 is 0. The van der Waals surface area contributed by atoms with Gasteiger partial charge in [0.1, 0.15) is 0 Å². The molecule has 0 aromatic heterocycles. The van der Waals surface area contributed by atoms with E-state index >= 15 is 0 Å². The number of benzene rings is 3. The van der Waals surface area contributed by atoms with Crippen molar-refractivity contribution < 1.29 is 0 Å². The number of aryl methyl sites for hydroxylation is 2. The van der Waals surface area contributed by atoms with E-state index in [0.717, 1.165) is 18.5 Å². The predicted octanol–water partition coefficient (Wildman–Crippen LogP) is 7.35. The van der Waals surface area contributed by atoms with E-state index in [9.17, 15) is 0 Å². The van der Waals surface area contributed by atoms with E-state index in [1.807, 2.05) is 0 Å². The van der Waals surface area contributed by atoms with Gasteiger partial charge in [0.05, 0.1) is 17.3 Å². The van der Waals surface area contributed by atoms with Gasteiger partial charge in [-0.3, -0.25) is 4.99 Å². The van der Waals surface area contributed by atoms with Crippen LogP contribution in [0.3, 0.4) is 0 Å². The number of rotatable bonds is 3. The minimum Gasteiger partial charge on any atom is -0.251 e. The van der Waals surface area contributed by atoms with Crippen LogP contribution in [0, 0.1) is 13.8 Å². The van der Waals surface area contributed by atoms with E-state index in [0.29, 0.717) is 0 Å². The van der Waals surface area contributed by atoms with Gasteiger partial charge in [-0.2, -0.15) is 0 Å². The van der Waals surface area contributed by atoms with Crippen LogP contribution in [-0.2, 0) is 0 Å². The van der Waals surface area contributed by atoms with Crippen LogP contribution in [0.1, 0.15) is 41.0 Å². The summed E-state index contributed by atoms with van der Waals surface area (Å²) in [5.74, 6) is 0.211. The first-order valence-electron chi connectivity index (χ1n) is 10.4. The summed E-state index contributed by atoms with van der Waals surface area (Å²) in [6.45, 7) is 4.32. The van der Waals surface area contributed by atoms with Gasteiger partial charge < -0.3 is 0 Å². The first-order valence-corrected chi connectivity index (χ1v) is 10.4. The molecule has 0 amide bonds. The monoisotopic (exact) mass is 375 g/mol. The number of nitrogens with zero attached hydrogens (tertiary/aromatic N) is 1. The van der Waals surface area contributed by atoms with Gasteiger partial charge in [-0.25, -0.2) is 0 Å². The van der Waals surface area contributed by atoms with Crippen LogP contribution in [0.4, 0.5) is 5.69 Å². The molecular weight excluding hydrogens is 350 g/mol. The van der Waals surface area contributed by atoms with Crippen LogP contribution in [0.25, 0.3) is 5.57 Å². The van der Waals surface area contributed by atoms with Gasteiger partial charge in [-0.15, -0.1) is 0 Å². The number of hydrogen-bond donors (Lipinski definition) is 0. The molecule has 142 valence electrons. The van der Waals surface area contributed by atoms with Gasteiger partial charge in [-0.05, 0) is 60.1 Å². The van der Waals surface area contributed by atoms with Crippen molar-refractivity contribution in [3.05, 3.63) is 118 Å². The highest BCUT2D eigenvalue weighted by Crippen LogP contribution is 2.50. The Morgan fingerprint density at radius 3 is 2.10 bits per heavy atom. The summed E-state index contributed by atoms with van der Waals surface area (Å²) in [5, 5.41) is 0. The Labute approximate surface area is 173 Å². The number of aliphatic imine (C=N–C) groups is 1. The Hall–Kier alpha value is -3.19. The van der Waals surface area contributed by atoms with Gasteiger partial charge in [0, 0.05) is 5.57 Å². The summed E-state index contributed by atoms with van der Waals surface area (Å²) in [5.41, 5.74) is 11.6. The molecule has 0 spiro atoms. The fourth-order valence-electron chi connectivity index (χ4n) is 4.78. The van der Waals surface area contributed by atoms with Crippen LogP contribution < -0.4 is 0 Å². The second-order valence-corrected chi connectivity index (χ2v) is 8.00. The molecule has 5 rings (SSSR count). The Bertz CT molecular complexity index is 1130. The molecule has 0 N–H and O–H groups in total. The van der Waals surface area contributed by atoms with Crippen molar-refractivity contribution in [2.45, 2.75) is 32.6 Å². The third kappa shape index (κ3) is 3.07. The molecule has 3 aromatic rings. The molecule has 1 unspecified atom stereocenters. The molecule has 1 nitrogen and oxygen atoms in total. The summed E-state index contributed by atoms with van der Waals surface area (Å²) in [4.78, 5) is 5.37. The molecule has 2 aliphatic rings. The summed E-state index contributed by atoms with van der Waals surface area (Å²) >= 11 is 0. The second kappa shape index (κ2) is 7.33. The summed E-state index contributed by atoms with van der Waals surface area (Å²) in [7, 11) is 0. The summed E-state index contributed by atoms with van der Waals surface area (Å²) in [6.07, 6.45) is 4.67. The molecule has 0 radical (unpaired) electrons. The van der Waals surface area contributed by atoms with Crippen LogP contribution in [0.15, 0.2) is 101 Å². The number of hydrogen-bond acceptors (Lipinski definition) is 1. The minimum absolute atomic E-state index is 0.211. The van der Waals surface area contributed by atoms with Crippen LogP contribution in [0.5, 0.6) is 0 Å². The molecule has 0 saturated carbocycles. The highest BCUT2D eigenvalue weighted by Gasteiger charge is 2.38. The van der Waals surface area contributed by atoms with E-state index in [2.05, 4.69) is 98.8 Å². The lowest BCUT2D eigenvalue weighted by molar-refractivity contribution is 1.05. The number of para-hydroxylation sites is 1. The number of fused-ring (bicyclic) bond motifs is 1. The fourth-order valence-corrected chi connectivity index (χ4v) is 4.78. The smallest absolute Gasteiger partial charge is 0.0691 e. The molecule has 3 aromatic carbocycles. The highest BCUT2D eigenvalue weighted by atomic mass is 14.8. The quantitative estimate of drug-likeness (QED) is 0.454. The van der Waals surface area contributed by atoms with Gasteiger partial charge >= 0.3 is 0 Å². The highest BCUT2D eigenvalue weighted by molar-refractivity contribution is 6.33. The maximum atomic E-state index is 5.37. The van der Waals surface area contributed by atoms with Crippen LogP contribution in [-0.4, -0.2) is 5.71 Å². The molecule has 0 bridgehead atoms. The van der Waals surface area contributed by atoms with E-state index in [1.165, 1.54) is 44.7 Å². The van der Waals surface area contributed by atoms with E-state index < -0.39 is 0 Å². The largest absolute Gasteiger partial charge is 0.251 e. The van der Waals surface area contributed by atoms with Gasteiger partial charge in [-0.1, -0.05) is 84.9 Å². The Morgan fingerprint density at radius 2 is 1.41 bits per heavy atom. The average Bonchev–Trinajstić information content (AvgIpc) is 3.32. The van der Waals surface area contributed by atoms with Crippen LogP contribution in [0.2, 0.25) is 0 Å². The van der Waals surface area contributed by atoms with Crippen molar-refractivity contribution in [1.29, 1.82) is 0 Å². The zero-order valence-electron chi connectivity index (χ0n) is 17.0. The average molecular weight is 376 g/mol. The zero-order valence-corrected chi connectivity index (χ0v) is 17.0. The standard InChI is InChI=1S/C28H25N/c1-19-11-9-12-20(2)27(19)29-28-25(21-13-5-3-6-14-21)23-17-10-18-24(23)26(28)22-15-7-4-8-16-22/h3-9,11-17,25H,10,18H2,1-2H3. The third-order valence-electron chi connectivity index (χ3n) is 6.12. The lowest BCUT2D eigenvalue weighted by Gasteiger charge is -2.17. The van der Waals surface area contributed by atoms with Crippen molar-refractivity contribution in [3.63, 3.8) is 0 Å². The maximum Gasteiger partial charge on any atom is 0.0691 e. The maximum absolute atomic E-state index is 5.37. The van der Waals surface area contributed by atoms with E-state index in [4.69, 9.17) is 4.99 Å². The molecule has 2 aliphatic carbocycles.